The lowest BCUT2D eigenvalue weighted by molar-refractivity contribution is -0.137. The van der Waals surface area contributed by atoms with E-state index in [9.17, 15) is 21.6 Å². The van der Waals surface area contributed by atoms with Gasteiger partial charge in [0, 0.05) is 12.2 Å². The third-order valence-corrected chi connectivity index (χ3v) is 6.30. The molecule has 4 nitrogen and oxygen atoms in total. The van der Waals surface area contributed by atoms with Gasteiger partial charge in [0.1, 0.15) is 0 Å². The normalized spacial score (nSPS) is 18.4. The third kappa shape index (κ3) is 4.86. The van der Waals surface area contributed by atoms with E-state index in [1.165, 1.54) is 0 Å². The summed E-state index contributed by atoms with van der Waals surface area (Å²) in [7, 11) is -4.10. The van der Waals surface area contributed by atoms with Crippen LogP contribution in [-0.4, -0.2) is 33.0 Å². The van der Waals surface area contributed by atoms with Crippen molar-refractivity contribution >= 4 is 15.7 Å². The van der Waals surface area contributed by atoms with Gasteiger partial charge in [-0.15, -0.1) is 0 Å². The second-order valence-corrected chi connectivity index (χ2v) is 8.72. The first kappa shape index (κ1) is 20.7. The highest BCUT2D eigenvalue weighted by Gasteiger charge is 2.31. The van der Waals surface area contributed by atoms with E-state index >= 15 is 0 Å². The van der Waals surface area contributed by atoms with E-state index in [-0.39, 0.29) is 0 Å². The molecule has 0 radical (unpaired) electrons. The molecule has 0 spiro atoms. The van der Waals surface area contributed by atoms with Gasteiger partial charge in [0.2, 0.25) is 0 Å². The fourth-order valence-corrected chi connectivity index (χ4v) is 4.61. The van der Waals surface area contributed by atoms with Crippen LogP contribution in [0.5, 0.6) is 0 Å². The van der Waals surface area contributed by atoms with Gasteiger partial charge in [0.05, 0.1) is 10.5 Å². The first-order valence-corrected chi connectivity index (χ1v) is 10.7. The highest BCUT2D eigenvalue weighted by molar-refractivity contribution is 7.92. The minimum absolute atomic E-state index is 0.324. The zero-order valence-electron chi connectivity index (χ0n) is 15.5. The zero-order chi connectivity index (χ0) is 20.4. The molecule has 1 atom stereocenters. The van der Waals surface area contributed by atoms with E-state index in [2.05, 4.69) is 16.5 Å². The van der Waals surface area contributed by atoms with Crippen molar-refractivity contribution in [1.29, 1.82) is 0 Å². The Morgan fingerprint density at radius 1 is 1.14 bits per heavy atom. The number of nitrogens with one attached hydrogen (secondary N) is 1. The van der Waals surface area contributed by atoms with Crippen LogP contribution in [-0.2, 0) is 16.2 Å². The topological polar surface area (TPSA) is 49.4 Å². The molecule has 152 valence electrons. The Hall–Kier alpha value is -2.06. The minimum Gasteiger partial charge on any atom is -0.303 e. The quantitative estimate of drug-likeness (QED) is 0.748. The summed E-state index contributed by atoms with van der Waals surface area (Å²) in [6.45, 7) is 5.27. The molecule has 0 amide bonds. The molecule has 0 aromatic heterocycles. The van der Waals surface area contributed by atoms with Gasteiger partial charge < -0.3 is 4.90 Å². The van der Waals surface area contributed by atoms with E-state index in [1.807, 2.05) is 12.1 Å². The minimum atomic E-state index is -4.60. The first-order valence-electron chi connectivity index (χ1n) is 9.21. The first-order chi connectivity index (χ1) is 13.2. The Morgan fingerprint density at radius 2 is 1.86 bits per heavy atom. The molecule has 2 aromatic rings. The van der Waals surface area contributed by atoms with Crippen molar-refractivity contribution < 1.29 is 21.6 Å². The van der Waals surface area contributed by atoms with Gasteiger partial charge in [-0.3, -0.25) is 4.72 Å². The molecule has 0 saturated carbocycles. The standard InChI is InChI=1S/C20H23F3N2O2S/c1-2-11-25-12-10-16(14-25)15-6-8-18(9-7-15)24-28(26,27)19-5-3-4-17(13-19)20(21,22)23/h3-9,13,16,24H,2,10-12,14H2,1H3/t16-/m1/s1. The lowest BCUT2D eigenvalue weighted by atomic mass is 9.98. The van der Waals surface area contributed by atoms with Crippen LogP contribution in [0.3, 0.4) is 0 Å². The molecule has 8 heteroatoms. The van der Waals surface area contributed by atoms with E-state index in [0.717, 1.165) is 56.2 Å². The van der Waals surface area contributed by atoms with Gasteiger partial charge in [-0.05, 0) is 67.7 Å². The molecule has 1 saturated heterocycles. The fraction of sp³-hybridized carbons (Fsp3) is 0.400. The molecular weight excluding hydrogens is 389 g/mol. The summed E-state index contributed by atoms with van der Waals surface area (Å²) in [6, 6.07) is 10.8. The average molecular weight is 412 g/mol. The van der Waals surface area contributed by atoms with E-state index in [1.54, 1.807) is 12.1 Å². The smallest absolute Gasteiger partial charge is 0.303 e. The predicted octanol–water partition coefficient (Wildman–Crippen LogP) is 4.71. The van der Waals surface area contributed by atoms with E-state index < -0.39 is 26.7 Å². The lowest BCUT2D eigenvalue weighted by Crippen LogP contribution is -2.20. The Morgan fingerprint density at radius 3 is 2.50 bits per heavy atom. The highest BCUT2D eigenvalue weighted by Crippen LogP contribution is 2.31. The molecule has 1 N–H and O–H groups in total. The molecule has 1 aliphatic heterocycles. The molecule has 1 aliphatic rings. The monoisotopic (exact) mass is 412 g/mol. The molecule has 28 heavy (non-hydrogen) atoms. The molecule has 3 rings (SSSR count). The number of rotatable bonds is 6. The number of hydrogen-bond donors (Lipinski definition) is 1. The molecular formula is C20H23F3N2O2S. The van der Waals surface area contributed by atoms with Crippen molar-refractivity contribution in [2.45, 2.75) is 36.8 Å². The van der Waals surface area contributed by atoms with Crippen molar-refractivity contribution in [2.24, 2.45) is 0 Å². The van der Waals surface area contributed by atoms with Crippen molar-refractivity contribution in [3.8, 4) is 0 Å². The fourth-order valence-electron chi connectivity index (χ4n) is 3.50. The Balaban J connectivity index is 1.72. The number of likely N-dealkylation sites (tertiary alicyclic amines) is 1. The van der Waals surface area contributed by atoms with Crippen LogP contribution in [0.2, 0.25) is 0 Å². The van der Waals surface area contributed by atoms with Gasteiger partial charge in [0.25, 0.3) is 10.0 Å². The molecule has 0 unspecified atom stereocenters. The van der Waals surface area contributed by atoms with Crippen LogP contribution >= 0.6 is 0 Å². The van der Waals surface area contributed by atoms with Crippen LogP contribution in [0.25, 0.3) is 0 Å². The second-order valence-electron chi connectivity index (χ2n) is 7.04. The van der Waals surface area contributed by atoms with Crippen LogP contribution in [0.1, 0.15) is 36.8 Å². The summed E-state index contributed by atoms with van der Waals surface area (Å²) in [5.74, 6) is 0.417. The van der Waals surface area contributed by atoms with Gasteiger partial charge in [-0.2, -0.15) is 13.2 Å². The summed E-state index contributed by atoms with van der Waals surface area (Å²) in [5, 5.41) is 0. The number of benzene rings is 2. The summed E-state index contributed by atoms with van der Waals surface area (Å²) in [5.41, 5.74) is 0.466. The molecule has 1 heterocycles. The molecule has 1 fully saturated rings. The highest BCUT2D eigenvalue weighted by atomic mass is 32.2. The Bertz CT molecular complexity index is 912. The molecule has 0 bridgehead atoms. The number of alkyl halides is 3. The van der Waals surface area contributed by atoms with Gasteiger partial charge in [0.15, 0.2) is 0 Å². The summed E-state index contributed by atoms with van der Waals surface area (Å²) in [4.78, 5) is 1.99. The van der Waals surface area contributed by atoms with Gasteiger partial charge in [-0.25, -0.2) is 8.42 Å². The van der Waals surface area contributed by atoms with Crippen LogP contribution in [0.15, 0.2) is 53.4 Å². The average Bonchev–Trinajstić information content (AvgIpc) is 3.10. The summed E-state index contributed by atoms with van der Waals surface area (Å²) >= 11 is 0. The van der Waals surface area contributed by atoms with E-state index in [4.69, 9.17) is 0 Å². The Kier molecular flexibility index (Phi) is 6.00. The van der Waals surface area contributed by atoms with Crippen molar-refractivity contribution in [1.82, 2.24) is 4.90 Å². The second kappa shape index (κ2) is 8.13. The molecule has 2 aromatic carbocycles. The Labute approximate surface area is 163 Å². The maximum Gasteiger partial charge on any atom is 0.416 e. The number of hydrogen-bond acceptors (Lipinski definition) is 3. The third-order valence-electron chi connectivity index (χ3n) is 4.92. The van der Waals surface area contributed by atoms with Crippen molar-refractivity contribution in [2.75, 3.05) is 24.4 Å². The van der Waals surface area contributed by atoms with Crippen molar-refractivity contribution in [3.05, 3.63) is 59.7 Å². The SMILES string of the molecule is CCCN1CC[C@@H](c2ccc(NS(=O)(=O)c3cccc(C(F)(F)F)c3)cc2)C1. The van der Waals surface area contributed by atoms with Gasteiger partial charge in [-0.1, -0.05) is 25.1 Å². The van der Waals surface area contributed by atoms with Crippen molar-refractivity contribution in [3.63, 3.8) is 0 Å². The predicted molar refractivity (Wildman–Crippen MR) is 103 cm³/mol. The lowest BCUT2D eigenvalue weighted by Gasteiger charge is -2.15. The molecule has 0 aliphatic carbocycles. The summed E-state index contributed by atoms with van der Waals surface area (Å²) < 4.78 is 65.8. The van der Waals surface area contributed by atoms with E-state index in [0.29, 0.717) is 17.7 Å². The number of halogens is 3. The van der Waals surface area contributed by atoms with Crippen LogP contribution in [0, 0.1) is 0 Å². The summed E-state index contributed by atoms with van der Waals surface area (Å²) in [6.07, 6.45) is -2.42. The van der Waals surface area contributed by atoms with Crippen LogP contribution in [0.4, 0.5) is 18.9 Å². The van der Waals surface area contributed by atoms with Crippen LogP contribution < -0.4 is 4.72 Å². The number of anilines is 1. The maximum absolute atomic E-state index is 12.8. The largest absolute Gasteiger partial charge is 0.416 e. The van der Waals surface area contributed by atoms with Gasteiger partial charge >= 0.3 is 6.18 Å². The number of nitrogens with zero attached hydrogens (tertiary/aromatic N) is 1. The zero-order valence-corrected chi connectivity index (χ0v) is 16.4. The maximum atomic E-state index is 12.8. The number of sulfonamides is 1.